The maximum atomic E-state index is 12.0. The van der Waals surface area contributed by atoms with E-state index >= 15 is 0 Å². The van der Waals surface area contributed by atoms with E-state index in [-0.39, 0.29) is 5.82 Å². The van der Waals surface area contributed by atoms with Crippen molar-refractivity contribution in [3.8, 4) is 0 Å². The summed E-state index contributed by atoms with van der Waals surface area (Å²) >= 11 is 0. The largest absolute Gasteiger partial charge is 0.384 e. The predicted octanol–water partition coefficient (Wildman–Crippen LogP) is 0.339. The second kappa shape index (κ2) is 5.20. The van der Waals surface area contributed by atoms with Gasteiger partial charge in [-0.15, -0.1) is 0 Å². The molecule has 3 rings (SSSR count). The molecule has 0 saturated carbocycles. The van der Waals surface area contributed by atoms with Crippen molar-refractivity contribution < 1.29 is 14.0 Å². The Morgan fingerprint density at radius 1 is 1.44 bits per heavy atom. The smallest absolute Gasteiger partial charge is 0.141 e. The highest BCUT2D eigenvalue weighted by Crippen LogP contribution is 2.19. The Morgan fingerprint density at radius 2 is 2.31 bits per heavy atom. The standard InChI is InChI=1S/C5H5FN2.C5H9NO2/c6-4-1-2-5(7)8-3-4;1-4-2-7-3-5(4)8-6-1/h1-3H,(H2,7,8);4-6H,1-3H2/t;4-,5+/m.0/s1. The van der Waals surface area contributed by atoms with Crippen molar-refractivity contribution in [2.45, 2.75) is 6.10 Å². The number of ether oxygens (including phenoxy) is 1. The number of halogens is 1. The fraction of sp³-hybridized carbons (Fsp3) is 0.500. The van der Waals surface area contributed by atoms with Crippen molar-refractivity contribution in [3.05, 3.63) is 24.1 Å². The number of fused-ring (bicyclic) bond motifs is 1. The molecule has 0 unspecified atom stereocenters. The number of hydrogen-bond donors (Lipinski definition) is 2. The summed E-state index contributed by atoms with van der Waals surface area (Å²) in [4.78, 5) is 8.58. The third kappa shape index (κ3) is 2.88. The lowest BCUT2D eigenvalue weighted by Gasteiger charge is -1.98. The summed E-state index contributed by atoms with van der Waals surface area (Å²) in [5, 5.41) is 0. The van der Waals surface area contributed by atoms with Crippen LogP contribution in [-0.4, -0.2) is 30.8 Å². The number of nitrogens with zero attached hydrogens (tertiary/aromatic N) is 1. The number of nitrogen functional groups attached to an aromatic ring is 1. The van der Waals surface area contributed by atoms with Crippen LogP contribution in [0.15, 0.2) is 18.3 Å². The third-order valence-electron chi connectivity index (χ3n) is 2.47. The third-order valence-corrected chi connectivity index (χ3v) is 2.47. The number of aromatic nitrogens is 1. The van der Waals surface area contributed by atoms with Crippen LogP contribution in [0, 0.1) is 11.7 Å². The second-order valence-electron chi connectivity index (χ2n) is 3.70. The van der Waals surface area contributed by atoms with Crippen LogP contribution in [0.5, 0.6) is 0 Å². The molecule has 0 aliphatic carbocycles. The quantitative estimate of drug-likeness (QED) is 0.669. The van der Waals surface area contributed by atoms with Gasteiger partial charge in [0, 0.05) is 12.5 Å². The van der Waals surface area contributed by atoms with Crippen LogP contribution < -0.4 is 11.2 Å². The average molecular weight is 227 g/mol. The molecular weight excluding hydrogens is 213 g/mol. The van der Waals surface area contributed by atoms with Crippen molar-refractivity contribution in [2.24, 2.45) is 5.92 Å². The van der Waals surface area contributed by atoms with Crippen LogP contribution in [0.4, 0.5) is 10.2 Å². The maximum Gasteiger partial charge on any atom is 0.141 e. The van der Waals surface area contributed by atoms with Crippen LogP contribution >= 0.6 is 0 Å². The number of nitrogens with one attached hydrogen (secondary N) is 1. The summed E-state index contributed by atoms with van der Waals surface area (Å²) in [6, 6.07) is 2.68. The van der Waals surface area contributed by atoms with E-state index in [1.165, 1.54) is 12.1 Å². The summed E-state index contributed by atoms with van der Waals surface area (Å²) in [5.74, 6) is 0.598. The number of pyridine rings is 1. The summed E-state index contributed by atoms with van der Waals surface area (Å²) in [5.41, 5.74) is 7.99. The molecule has 88 valence electrons. The zero-order valence-electron chi connectivity index (χ0n) is 8.73. The van der Waals surface area contributed by atoms with Gasteiger partial charge in [0.05, 0.1) is 19.4 Å². The maximum absolute atomic E-state index is 12.0. The predicted molar refractivity (Wildman–Crippen MR) is 55.8 cm³/mol. The van der Waals surface area contributed by atoms with Gasteiger partial charge >= 0.3 is 0 Å². The normalized spacial score (nSPS) is 27.1. The highest BCUT2D eigenvalue weighted by atomic mass is 19.1. The summed E-state index contributed by atoms with van der Waals surface area (Å²) in [6.07, 6.45) is 1.42. The Balaban J connectivity index is 0.000000120. The molecule has 3 heterocycles. The van der Waals surface area contributed by atoms with Crippen molar-refractivity contribution in [1.29, 1.82) is 0 Å². The van der Waals surface area contributed by atoms with Crippen molar-refractivity contribution >= 4 is 5.82 Å². The monoisotopic (exact) mass is 227 g/mol. The fourth-order valence-electron chi connectivity index (χ4n) is 1.55. The van der Waals surface area contributed by atoms with Crippen molar-refractivity contribution in [2.75, 3.05) is 25.5 Å². The molecule has 2 fully saturated rings. The molecule has 0 bridgehead atoms. The zero-order chi connectivity index (χ0) is 11.4. The van der Waals surface area contributed by atoms with Gasteiger partial charge < -0.3 is 10.5 Å². The van der Waals surface area contributed by atoms with E-state index in [9.17, 15) is 4.39 Å². The summed E-state index contributed by atoms with van der Waals surface area (Å²) in [6.45, 7) is 2.61. The average Bonchev–Trinajstić information content (AvgIpc) is 2.85. The minimum absolute atomic E-state index is 0.339. The second-order valence-corrected chi connectivity index (χ2v) is 3.70. The number of anilines is 1. The van der Waals surface area contributed by atoms with Gasteiger partial charge in [0.25, 0.3) is 0 Å². The topological polar surface area (TPSA) is 69.4 Å². The lowest BCUT2D eigenvalue weighted by molar-refractivity contribution is 0.0109. The highest BCUT2D eigenvalue weighted by molar-refractivity contribution is 5.25. The first-order valence-corrected chi connectivity index (χ1v) is 5.09. The zero-order valence-corrected chi connectivity index (χ0v) is 8.73. The fourth-order valence-corrected chi connectivity index (χ4v) is 1.55. The van der Waals surface area contributed by atoms with E-state index in [0.717, 1.165) is 26.0 Å². The van der Waals surface area contributed by atoms with Crippen LogP contribution in [0.3, 0.4) is 0 Å². The van der Waals surface area contributed by atoms with Gasteiger partial charge in [-0.1, -0.05) is 0 Å². The molecule has 3 N–H and O–H groups in total. The summed E-state index contributed by atoms with van der Waals surface area (Å²) < 4.78 is 17.1. The molecule has 2 saturated heterocycles. The molecule has 0 spiro atoms. The molecule has 6 heteroatoms. The van der Waals surface area contributed by atoms with Gasteiger partial charge in [0.15, 0.2) is 0 Å². The van der Waals surface area contributed by atoms with Gasteiger partial charge in [-0.05, 0) is 12.1 Å². The Kier molecular flexibility index (Phi) is 3.66. The van der Waals surface area contributed by atoms with Gasteiger partial charge in [0.1, 0.15) is 17.7 Å². The van der Waals surface area contributed by atoms with E-state index in [2.05, 4.69) is 10.5 Å². The Labute approximate surface area is 92.7 Å². The summed E-state index contributed by atoms with van der Waals surface area (Å²) in [7, 11) is 0. The number of nitrogens with two attached hydrogens (primary N) is 1. The van der Waals surface area contributed by atoms with E-state index in [0.29, 0.717) is 17.8 Å². The van der Waals surface area contributed by atoms with E-state index < -0.39 is 0 Å². The molecule has 2 aliphatic rings. The molecule has 0 amide bonds. The SMILES string of the molecule is C1NO[C@@H]2COC[C@H]12.Nc1ccc(F)cn1. The molecule has 5 nitrogen and oxygen atoms in total. The lowest BCUT2D eigenvalue weighted by atomic mass is 10.1. The van der Waals surface area contributed by atoms with Crippen LogP contribution in [0.2, 0.25) is 0 Å². The van der Waals surface area contributed by atoms with Crippen LogP contribution in [0.25, 0.3) is 0 Å². The Bertz CT molecular complexity index is 292. The number of hydroxylamine groups is 1. The first-order valence-electron chi connectivity index (χ1n) is 5.09. The molecular formula is C10H14FN3O2. The van der Waals surface area contributed by atoms with Gasteiger partial charge in [0.2, 0.25) is 0 Å². The molecule has 0 radical (unpaired) electrons. The van der Waals surface area contributed by atoms with Crippen LogP contribution in [0.1, 0.15) is 0 Å². The minimum atomic E-state index is -0.362. The van der Waals surface area contributed by atoms with Crippen LogP contribution in [-0.2, 0) is 9.57 Å². The molecule has 1 aromatic rings. The molecule has 0 aromatic carbocycles. The van der Waals surface area contributed by atoms with E-state index in [4.69, 9.17) is 15.3 Å². The lowest BCUT2D eigenvalue weighted by Crippen LogP contribution is -2.13. The van der Waals surface area contributed by atoms with Gasteiger partial charge in [-0.25, -0.2) is 14.9 Å². The first-order chi connectivity index (χ1) is 7.75. The van der Waals surface area contributed by atoms with Gasteiger partial charge in [-0.3, -0.25) is 4.84 Å². The molecule has 1 aromatic heterocycles. The molecule has 2 aliphatic heterocycles. The number of rotatable bonds is 0. The van der Waals surface area contributed by atoms with Gasteiger partial charge in [-0.2, -0.15) is 0 Å². The molecule has 2 atom stereocenters. The Hall–Kier alpha value is -1.24. The minimum Gasteiger partial charge on any atom is -0.384 e. The van der Waals surface area contributed by atoms with E-state index in [1.807, 2.05) is 0 Å². The van der Waals surface area contributed by atoms with Crippen molar-refractivity contribution in [1.82, 2.24) is 10.5 Å². The van der Waals surface area contributed by atoms with Crippen molar-refractivity contribution in [3.63, 3.8) is 0 Å². The number of hydrogen-bond acceptors (Lipinski definition) is 5. The molecule has 16 heavy (non-hydrogen) atoms. The highest BCUT2D eigenvalue weighted by Gasteiger charge is 2.33. The first kappa shape index (κ1) is 11.3. The Morgan fingerprint density at radius 3 is 2.94 bits per heavy atom. The van der Waals surface area contributed by atoms with E-state index in [1.54, 1.807) is 0 Å².